The first-order valence-electron chi connectivity index (χ1n) is 11.5. The second-order valence-corrected chi connectivity index (χ2v) is 11.3. The monoisotopic (exact) mass is 466 g/mol. The molecule has 174 valence electrons. The fourth-order valence-electron chi connectivity index (χ4n) is 4.74. The number of fused-ring (bicyclic) bond motifs is 2. The number of para-hydroxylation sites is 1. The Labute approximate surface area is 195 Å². The van der Waals surface area contributed by atoms with Gasteiger partial charge in [-0.15, -0.1) is 0 Å². The molecule has 0 aliphatic carbocycles. The van der Waals surface area contributed by atoms with E-state index in [1.54, 1.807) is 12.1 Å². The fourth-order valence-corrected chi connectivity index (χ4v) is 6.04. The van der Waals surface area contributed by atoms with Gasteiger partial charge in [0.15, 0.2) is 11.5 Å². The molecule has 0 aromatic heterocycles. The number of benzene rings is 3. The first-order valence-corrected chi connectivity index (χ1v) is 12.9. The van der Waals surface area contributed by atoms with Gasteiger partial charge < -0.3 is 9.47 Å². The van der Waals surface area contributed by atoms with E-state index in [4.69, 9.17) is 9.47 Å². The molecule has 0 radical (unpaired) electrons. The van der Waals surface area contributed by atoms with Crippen molar-refractivity contribution < 1.29 is 17.9 Å². The van der Waals surface area contributed by atoms with Crippen LogP contribution in [0.25, 0.3) is 10.8 Å². The molecule has 0 saturated carbocycles. The Balaban J connectivity index is 1.15. The molecule has 5 rings (SSSR count). The Kier molecular flexibility index (Phi) is 5.80. The van der Waals surface area contributed by atoms with Gasteiger partial charge in [-0.1, -0.05) is 42.5 Å². The minimum atomic E-state index is -3.56. The third kappa shape index (κ3) is 4.86. The van der Waals surface area contributed by atoms with Gasteiger partial charge in [-0.2, -0.15) is 0 Å². The summed E-state index contributed by atoms with van der Waals surface area (Å²) < 4.78 is 40.9. The van der Waals surface area contributed by atoms with Crippen LogP contribution in [0, 0.1) is 0 Å². The number of rotatable bonds is 7. The Morgan fingerprint density at radius 2 is 1.91 bits per heavy atom. The van der Waals surface area contributed by atoms with Crippen LogP contribution in [0.4, 0.5) is 0 Å². The highest BCUT2D eigenvalue weighted by molar-refractivity contribution is 7.89. The van der Waals surface area contributed by atoms with Crippen LogP contribution in [-0.4, -0.2) is 51.2 Å². The summed E-state index contributed by atoms with van der Waals surface area (Å²) in [6.45, 7) is 6.95. The lowest BCUT2D eigenvalue weighted by atomic mass is 10.0. The van der Waals surface area contributed by atoms with Gasteiger partial charge in [-0.3, -0.25) is 4.90 Å². The van der Waals surface area contributed by atoms with E-state index in [9.17, 15) is 8.42 Å². The maximum atomic E-state index is 12.9. The molecule has 0 spiro atoms. The summed E-state index contributed by atoms with van der Waals surface area (Å²) in [5.41, 5.74) is 0.980. The second kappa shape index (κ2) is 8.63. The highest BCUT2D eigenvalue weighted by atomic mass is 32.2. The minimum Gasteiger partial charge on any atom is -0.488 e. The molecule has 6 nitrogen and oxygen atoms in total. The number of likely N-dealkylation sites (tertiary alicyclic amines) is 1. The molecule has 1 unspecified atom stereocenters. The number of hydrogen-bond donors (Lipinski definition) is 1. The van der Waals surface area contributed by atoms with Gasteiger partial charge in [0.05, 0.1) is 4.90 Å². The van der Waals surface area contributed by atoms with Crippen LogP contribution in [-0.2, 0) is 16.4 Å². The summed E-state index contributed by atoms with van der Waals surface area (Å²) in [6, 6.07) is 19.0. The number of nitrogens with one attached hydrogen (secondary N) is 1. The predicted molar refractivity (Wildman–Crippen MR) is 129 cm³/mol. The summed E-state index contributed by atoms with van der Waals surface area (Å²) in [4.78, 5) is 2.55. The highest BCUT2D eigenvalue weighted by Crippen LogP contribution is 2.41. The molecular formula is C26H30N2O4S. The molecule has 3 aromatic rings. The summed E-state index contributed by atoms with van der Waals surface area (Å²) in [5.74, 6) is 1.63. The van der Waals surface area contributed by atoms with Gasteiger partial charge in [0.2, 0.25) is 10.0 Å². The van der Waals surface area contributed by atoms with Gasteiger partial charge in [0, 0.05) is 31.1 Å². The van der Waals surface area contributed by atoms with Crippen LogP contribution in [0.15, 0.2) is 65.6 Å². The molecule has 3 aromatic carbocycles. The quantitative estimate of drug-likeness (QED) is 0.570. The zero-order chi connectivity index (χ0) is 23.1. The number of nitrogens with zero attached hydrogens (tertiary/aromatic N) is 1. The Morgan fingerprint density at radius 3 is 2.76 bits per heavy atom. The van der Waals surface area contributed by atoms with Crippen molar-refractivity contribution in [3.63, 3.8) is 0 Å². The molecule has 2 aliphatic heterocycles. The lowest BCUT2D eigenvalue weighted by molar-refractivity contribution is 0.130. The highest BCUT2D eigenvalue weighted by Gasteiger charge is 2.32. The van der Waals surface area contributed by atoms with Crippen molar-refractivity contribution in [2.75, 3.05) is 26.2 Å². The topological polar surface area (TPSA) is 67.9 Å². The molecule has 0 amide bonds. The number of hydrogen-bond acceptors (Lipinski definition) is 5. The van der Waals surface area contributed by atoms with Crippen LogP contribution in [0.5, 0.6) is 11.5 Å². The second-order valence-electron chi connectivity index (χ2n) is 9.55. The summed E-state index contributed by atoms with van der Waals surface area (Å²) in [6.07, 6.45) is 1.66. The lowest BCUT2D eigenvalue weighted by Gasteiger charge is -2.19. The molecule has 1 N–H and O–H groups in total. The molecular weight excluding hydrogens is 436 g/mol. The van der Waals surface area contributed by atoms with Crippen molar-refractivity contribution in [2.45, 2.75) is 43.2 Å². The van der Waals surface area contributed by atoms with Gasteiger partial charge >= 0.3 is 0 Å². The maximum Gasteiger partial charge on any atom is 0.240 e. The lowest BCUT2D eigenvalue weighted by Crippen LogP contribution is -2.37. The molecule has 1 saturated heterocycles. The van der Waals surface area contributed by atoms with Gasteiger partial charge in [0.25, 0.3) is 0 Å². The third-order valence-corrected chi connectivity index (χ3v) is 7.86. The van der Waals surface area contributed by atoms with Gasteiger partial charge in [0.1, 0.15) is 12.2 Å². The summed E-state index contributed by atoms with van der Waals surface area (Å²) in [5, 5.41) is 1.95. The number of ether oxygens (including phenoxy) is 2. The molecule has 7 heteroatoms. The SMILES string of the molecule is CC1(C)Cc2cccc(OCCN3CCC(NS(=O)(=O)c4ccc5ccccc5c4)C3)c2O1. The van der Waals surface area contributed by atoms with Crippen LogP contribution < -0.4 is 14.2 Å². The van der Waals surface area contributed by atoms with E-state index in [0.29, 0.717) is 18.0 Å². The van der Waals surface area contributed by atoms with Crippen LogP contribution in [0.2, 0.25) is 0 Å². The van der Waals surface area contributed by atoms with E-state index in [1.807, 2.05) is 42.5 Å². The zero-order valence-corrected chi connectivity index (χ0v) is 19.9. The Hall–Kier alpha value is -2.61. The van der Waals surface area contributed by atoms with E-state index in [2.05, 4.69) is 29.5 Å². The van der Waals surface area contributed by atoms with Gasteiger partial charge in [-0.05, 0) is 55.8 Å². The molecule has 0 bridgehead atoms. The molecule has 1 atom stereocenters. The van der Waals surface area contributed by atoms with Gasteiger partial charge in [-0.25, -0.2) is 13.1 Å². The first kappa shape index (κ1) is 22.2. The van der Waals surface area contributed by atoms with Crippen molar-refractivity contribution in [1.82, 2.24) is 9.62 Å². The minimum absolute atomic E-state index is 0.105. The standard InChI is InChI=1S/C26H30N2O4S/c1-26(2)17-21-8-5-9-24(25(21)32-26)31-15-14-28-13-12-22(18-28)27-33(29,30)23-11-10-19-6-3-4-7-20(19)16-23/h3-11,16,22,27H,12-15,17-18H2,1-2H3. The van der Waals surface area contributed by atoms with E-state index >= 15 is 0 Å². The Morgan fingerprint density at radius 1 is 1.09 bits per heavy atom. The zero-order valence-electron chi connectivity index (χ0n) is 19.1. The van der Waals surface area contributed by atoms with Crippen molar-refractivity contribution >= 4 is 20.8 Å². The van der Waals surface area contributed by atoms with Crippen molar-refractivity contribution in [3.8, 4) is 11.5 Å². The van der Waals surface area contributed by atoms with E-state index < -0.39 is 10.0 Å². The number of sulfonamides is 1. The summed E-state index contributed by atoms with van der Waals surface area (Å²) >= 11 is 0. The fraction of sp³-hybridized carbons (Fsp3) is 0.385. The Bertz CT molecular complexity index is 1270. The third-order valence-electron chi connectivity index (χ3n) is 6.35. The average Bonchev–Trinajstić information content (AvgIpc) is 3.35. The van der Waals surface area contributed by atoms with E-state index in [0.717, 1.165) is 48.2 Å². The van der Waals surface area contributed by atoms with E-state index in [1.165, 1.54) is 5.56 Å². The van der Waals surface area contributed by atoms with Crippen LogP contribution in [0.3, 0.4) is 0 Å². The van der Waals surface area contributed by atoms with Crippen molar-refractivity contribution in [1.29, 1.82) is 0 Å². The maximum absolute atomic E-state index is 12.9. The smallest absolute Gasteiger partial charge is 0.240 e. The van der Waals surface area contributed by atoms with Crippen molar-refractivity contribution in [3.05, 3.63) is 66.2 Å². The first-order chi connectivity index (χ1) is 15.8. The summed E-state index contributed by atoms with van der Waals surface area (Å²) in [7, 11) is -3.56. The predicted octanol–water partition coefficient (Wildman–Crippen LogP) is 3.98. The van der Waals surface area contributed by atoms with Crippen molar-refractivity contribution in [2.24, 2.45) is 0 Å². The van der Waals surface area contributed by atoms with E-state index in [-0.39, 0.29) is 11.6 Å². The normalized spacial score (nSPS) is 20.0. The molecule has 1 fully saturated rings. The average molecular weight is 467 g/mol. The molecule has 33 heavy (non-hydrogen) atoms. The molecule has 2 aliphatic rings. The van der Waals surface area contributed by atoms with Crippen LogP contribution >= 0.6 is 0 Å². The molecule has 2 heterocycles. The largest absolute Gasteiger partial charge is 0.488 e. The van der Waals surface area contributed by atoms with Crippen LogP contribution in [0.1, 0.15) is 25.8 Å².